The lowest BCUT2D eigenvalue weighted by Crippen LogP contribution is -2.27. The molecule has 20 heavy (non-hydrogen) atoms. The molecular formula is C16H15BrClNO. The first-order chi connectivity index (χ1) is 9.58. The smallest absolute Gasteiger partial charge is 0.252 e. The van der Waals surface area contributed by atoms with Gasteiger partial charge in [-0.3, -0.25) is 4.79 Å². The Morgan fingerprint density at radius 3 is 2.60 bits per heavy atom. The second-order valence-electron chi connectivity index (χ2n) is 4.57. The van der Waals surface area contributed by atoms with Crippen molar-refractivity contribution in [2.75, 3.05) is 6.54 Å². The number of alkyl halides is 1. The van der Waals surface area contributed by atoms with Crippen molar-refractivity contribution in [3.63, 3.8) is 0 Å². The molecular weight excluding hydrogens is 338 g/mol. The maximum atomic E-state index is 12.1. The van der Waals surface area contributed by atoms with E-state index in [4.69, 9.17) is 11.6 Å². The number of hydrogen-bond acceptors (Lipinski definition) is 1. The van der Waals surface area contributed by atoms with Gasteiger partial charge < -0.3 is 5.32 Å². The SMILES string of the molecule is Cc1ccc(C(=O)NCC(Br)c2ccccc2)c(Cl)c1. The van der Waals surface area contributed by atoms with Crippen LogP contribution in [0.25, 0.3) is 0 Å². The second-order valence-corrected chi connectivity index (χ2v) is 6.08. The number of halogens is 2. The van der Waals surface area contributed by atoms with E-state index in [2.05, 4.69) is 21.2 Å². The number of amides is 1. The van der Waals surface area contributed by atoms with Crippen LogP contribution in [-0.4, -0.2) is 12.5 Å². The highest BCUT2D eigenvalue weighted by molar-refractivity contribution is 9.09. The summed E-state index contributed by atoms with van der Waals surface area (Å²) < 4.78 is 0. The number of carbonyl (C=O) groups excluding carboxylic acids is 1. The van der Waals surface area contributed by atoms with Crippen molar-refractivity contribution in [3.05, 3.63) is 70.2 Å². The summed E-state index contributed by atoms with van der Waals surface area (Å²) in [5.41, 5.74) is 2.67. The summed E-state index contributed by atoms with van der Waals surface area (Å²) in [6.45, 7) is 2.45. The van der Waals surface area contributed by atoms with Crippen LogP contribution in [0.1, 0.15) is 26.3 Å². The fraction of sp³-hybridized carbons (Fsp3) is 0.188. The standard InChI is InChI=1S/C16H15BrClNO/c1-11-7-8-13(15(18)9-11)16(20)19-10-14(17)12-5-3-2-4-6-12/h2-9,14H,10H2,1H3,(H,19,20). The molecule has 0 saturated heterocycles. The Kier molecular flexibility index (Phi) is 5.21. The van der Waals surface area contributed by atoms with Gasteiger partial charge in [0.1, 0.15) is 0 Å². The highest BCUT2D eigenvalue weighted by Gasteiger charge is 2.13. The minimum Gasteiger partial charge on any atom is -0.351 e. The van der Waals surface area contributed by atoms with Crippen molar-refractivity contribution in [2.24, 2.45) is 0 Å². The molecule has 104 valence electrons. The van der Waals surface area contributed by atoms with E-state index in [-0.39, 0.29) is 10.7 Å². The lowest BCUT2D eigenvalue weighted by atomic mass is 10.1. The molecule has 2 aromatic carbocycles. The van der Waals surface area contributed by atoms with Crippen LogP contribution in [0, 0.1) is 6.92 Å². The predicted molar refractivity (Wildman–Crippen MR) is 86.6 cm³/mol. The second kappa shape index (κ2) is 6.91. The molecule has 0 aliphatic rings. The Labute approximate surface area is 132 Å². The predicted octanol–water partition coefficient (Wildman–Crippen LogP) is 4.51. The van der Waals surface area contributed by atoms with Gasteiger partial charge in [-0.15, -0.1) is 0 Å². The van der Waals surface area contributed by atoms with E-state index in [0.717, 1.165) is 11.1 Å². The summed E-state index contributed by atoms with van der Waals surface area (Å²) in [5.74, 6) is -0.157. The summed E-state index contributed by atoms with van der Waals surface area (Å²) in [7, 11) is 0. The zero-order valence-electron chi connectivity index (χ0n) is 11.1. The van der Waals surface area contributed by atoms with Crippen LogP contribution in [0.5, 0.6) is 0 Å². The van der Waals surface area contributed by atoms with Crippen molar-refractivity contribution in [1.29, 1.82) is 0 Å². The number of hydrogen-bond donors (Lipinski definition) is 1. The van der Waals surface area contributed by atoms with E-state index in [1.807, 2.05) is 43.3 Å². The van der Waals surface area contributed by atoms with Gasteiger partial charge in [-0.2, -0.15) is 0 Å². The van der Waals surface area contributed by atoms with Gasteiger partial charge in [0, 0.05) is 6.54 Å². The molecule has 0 spiro atoms. The van der Waals surface area contributed by atoms with E-state index in [9.17, 15) is 4.79 Å². The highest BCUT2D eigenvalue weighted by atomic mass is 79.9. The van der Waals surface area contributed by atoms with E-state index in [0.29, 0.717) is 17.1 Å². The van der Waals surface area contributed by atoms with Gasteiger partial charge in [-0.05, 0) is 30.2 Å². The van der Waals surface area contributed by atoms with Crippen LogP contribution in [-0.2, 0) is 0 Å². The van der Waals surface area contributed by atoms with Crippen molar-refractivity contribution in [3.8, 4) is 0 Å². The summed E-state index contributed by atoms with van der Waals surface area (Å²) in [5, 5.41) is 3.37. The first kappa shape index (κ1) is 15.1. The summed E-state index contributed by atoms with van der Waals surface area (Å²) in [6, 6.07) is 15.4. The van der Waals surface area contributed by atoms with Crippen LogP contribution >= 0.6 is 27.5 Å². The van der Waals surface area contributed by atoms with Crippen molar-refractivity contribution >= 4 is 33.4 Å². The number of aryl methyl sites for hydroxylation is 1. The van der Waals surface area contributed by atoms with Gasteiger partial charge in [0.25, 0.3) is 5.91 Å². The van der Waals surface area contributed by atoms with Crippen molar-refractivity contribution in [2.45, 2.75) is 11.8 Å². The average Bonchev–Trinajstić information content (AvgIpc) is 2.45. The molecule has 2 nitrogen and oxygen atoms in total. The molecule has 2 rings (SSSR count). The number of benzene rings is 2. The topological polar surface area (TPSA) is 29.1 Å². The molecule has 0 fully saturated rings. The molecule has 1 atom stereocenters. The van der Waals surface area contributed by atoms with E-state index < -0.39 is 0 Å². The van der Waals surface area contributed by atoms with E-state index >= 15 is 0 Å². The molecule has 0 aliphatic heterocycles. The largest absolute Gasteiger partial charge is 0.351 e. The molecule has 0 saturated carbocycles. The summed E-state index contributed by atoms with van der Waals surface area (Å²) >= 11 is 9.65. The number of nitrogens with one attached hydrogen (secondary N) is 1. The van der Waals surface area contributed by atoms with Gasteiger partial charge >= 0.3 is 0 Å². The molecule has 1 unspecified atom stereocenters. The quantitative estimate of drug-likeness (QED) is 0.806. The fourth-order valence-corrected chi connectivity index (χ4v) is 2.65. The monoisotopic (exact) mass is 351 g/mol. The Hall–Kier alpha value is -1.32. The molecule has 0 aromatic heterocycles. The third kappa shape index (κ3) is 3.84. The average molecular weight is 353 g/mol. The molecule has 4 heteroatoms. The minimum absolute atomic E-state index is 0.0804. The number of carbonyl (C=O) groups is 1. The lowest BCUT2D eigenvalue weighted by Gasteiger charge is -2.12. The van der Waals surface area contributed by atoms with E-state index in [1.165, 1.54) is 0 Å². The van der Waals surface area contributed by atoms with Gasteiger partial charge in [0.15, 0.2) is 0 Å². The summed E-state index contributed by atoms with van der Waals surface area (Å²) in [6.07, 6.45) is 0. The Morgan fingerprint density at radius 2 is 1.95 bits per heavy atom. The zero-order valence-corrected chi connectivity index (χ0v) is 13.4. The van der Waals surface area contributed by atoms with Crippen LogP contribution < -0.4 is 5.32 Å². The summed E-state index contributed by atoms with van der Waals surface area (Å²) in [4.78, 5) is 12.2. The first-order valence-electron chi connectivity index (χ1n) is 6.31. The third-order valence-electron chi connectivity index (χ3n) is 2.97. The first-order valence-corrected chi connectivity index (χ1v) is 7.60. The van der Waals surface area contributed by atoms with Gasteiger partial charge in [0.2, 0.25) is 0 Å². The van der Waals surface area contributed by atoms with Crippen molar-refractivity contribution in [1.82, 2.24) is 5.32 Å². The normalized spacial score (nSPS) is 11.9. The minimum atomic E-state index is -0.157. The van der Waals surface area contributed by atoms with Crippen LogP contribution in [0.2, 0.25) is 5.02 Å². The maximum Gasteiger partial charge on any atom is 0.252 e. The Morgan fingerprint density at radius 1 is 1.25 bits per heavy atom. The highest BCUT2D eigenvalue weighted by Crippen LogP contribution is 2.22. The van der Waals surface area contributed by atoms with Crippen LogP contribution in [0.3, 0.4) is 0 Å². The molecule has 2 aromatic rings. The Bertz CT molecular complexity index is 601. The van der Waals surface area contributed by atoms with Crippen LogP contribution in [0.4, 0.5) is 0 Å². The molecule has 0 aliphatic carbocycles. The molecule has 0 radical (unpaired) electrons. The third-order valence-corrected chi connectivity index (χ3v) is 4.14. The Balaban J connectivity index is 1.99. The van der Waals surface area contributed by atoms with Gasteiger partial charge in [-0.25, -0.2) is 0 Å². The van der Waals surface area contributed by atoms with Crippen molar-refractivity contribution < 1.29 is 4.79 Å². The molecule has 1 amide bonds. The fourth-order valence-electron chi connectivity index (χ4n) is 1.86. The zero-order chi connectivity index (χ0) is 14.5. The molecule has 0 bridgehead atoms. The van der Waals surface area contributed by atoms with Gasteiger partial charge in [-0.1, -0.05) is 63.9 Å². The lowest BCUT2D eigenvalue weighted by molar-refractivity contribution is 0.0954. The molecule has 0 heterocycles. The van der Waals surface area contributed by atoms with Gasteiger partial charge in [0.05, 0.1) is 15.4 Å². The molecule has 1 N–H and O–H groups in total. The maximum absolute atomic E-state index is 12.1. The van der Waals surface area contributed by atoms with E-state index in [1.54, 1.807) is 12.1 Å². The van der Waals surface area contributed by atoms with Crippen LogP contribution in [0.15, 0.2) is 48.5 Å². The number of rotatable bonds is 4.